The summed E-state index contributed by atoms with van der Waals surface area (Å²) in [7, 11) is -0.168. The Hall–Kier alpha value is -0.315. The topological polar surface area (TPSA) is 18.5 Å². The summed E-state index contributed by atoms with van der Waals surface area (Å²) >= 11 is 3.55. The Morgan fingerprint density at radius 2 is 1.59 bits per heavy atom. The highest BCUT2D eigenvalue weighted by atomic mass is 79.9. The summed E-state index contributed by atoms with van der Waals surface area (Å²) in [5, 5.41) is 0. The van der Waals surface area contributed by atoms with Gasteiger partial charge >= 0.3 is 7.12 Å². The number of hydrogen-bond donors (Lipinski definition) is 0. The number of benzene rings is 1. The maximum atomic E-state index is 5.98. The van der Waals surface area contributed by atoms with Crippen LogP contribution in [0.25, 0.3) is 0 Å². The Morgan fingerprint density at radius 3 is 2.12 bits per heavy atom. The summed E-state index contributed by atoms with van der Waals surface area (Å²) in [5.74, 6) is 0. The monoisotopic (exact) mass is 296 g/mol. The van der Waals surface area contributed by atoms with Crippen LogP contribution in [0.1, 0.15) is 33.3 Å². The molecule has 1 aliphatic heterocycles. The van der Waals surface area contributed by atoms with Gasteiger partial charge in [-0.25, -0.2) is 0 Å². The highest BCUT2D eigenvalue weighted by Crippen LogP contribution is 2.37. The molecule has 1 saturated heterocycles. The molecule has 4 heteroatoms. The molecule has 0 amide bonds. The van der Waals surface area contributed by atoms with E-state index in [4.69, 9.17) is 9.31 Å². The van der Waals surface area contributed by atoms with Gasteiger partial charge in [-0.15, -0.1) is 0 Å². The van der Waals surface area contributed by atoms with Crippen LogP contribution in [0.4, 0.5) is 0 Å². The van der Waals surface area contributed by atoms with Gasteiger partial charge in [0.25, 0.3) is 0 Å². The van der Waals surface area contributed by atoms with Crippen LogP contribution in [0.5, 0.6) is 0 Å². The van der Waals surface area contributed by atoms with Crippen molar-refractivity contribution in [2.24, 2.45) is 0 Å². The molecule has 0 radical (unpaired) electrons. The van der Waals surface area contributed by atoms with E-state index in [-0.39, 0.29) is 18.3 Å². The predicted octanol–water partition coefficient (Wildman–Crippen LogP) is 3.62. The molecule has 2 nitrogen and oxygen atoms in total. The van der Waals surface area contributed by atoms with Crippen LogP contribution in [0, 0.1) is 0 Å². The molecule has 0 aliphatic carbocycles. The SMILES string of the molecule is CC1(C)OB(Cc2ccccc2Br)OC1(C)C. The molecule has 0 saturated carbocycles. The lowest BCUT2D eigenvalue weighted by Gasteiger charge is -2.32. The minimum atomic E-state index is -0.251. The maximum Gasteiger partial charge on any atom is 0.462 e. The molecule has 0 aromatic heterocycles. The molecular weight excluding hydrogens is 279 g/mol. The normalized spacial score (nSPS) is 21.8. The zero-order valence-electron chi connectivity index (χ0n) is 10.8. The molecule has 0 bridgehead atoms. The molecule has 1 heterocycles. The van der Waals surface area contributed by atoms with Crippen molar-refractivity contribution in [3.8, 4) is 0 Å². The molecule has 0 spiro atoms. The summed E-state index contributed by atoms with van der Waals surface area (Å²) in [5.41, 5.74) is 0.712. The average Bonchev–Trinajstić information content (AvgIpc) is 2.39. The van der Waals surface area contributed by atoms with Crippen LogP contribution in [-0.4, -0.2) is 18.3 Å². The van der Waals surface area contributed by atoms with Crippen molar-refractivity contribution >= 4 is 23.0 Å². The van der Waals surface area contributed by atoms with Gasteiger partial charge in [0, 0.05) is 10.8 Å². The molecule has 17 heavy (non-hydrogen) atoms. The number of halogens is 1. The van der Waals surface area contributed by atoms with Gasteiger partial charge in [-0.05, 0) is 39.3 Å². The van der Waals surface area contributed by atoms with E-state index in [0.29, 0.717) is 0 Å². The van der Waals surface area contributed by atoms with Crippen LogP contribution in [-0.2, 0) is 15.6 Å². The van der Waals surface area contributed by atoms with Crippen LogP contribution in [0.15, 0.2) is 28.7 Å². The van der Waals surface area contributed by atoms with Crippen LogP contribution < -0.4 is 0 Å². The fourth-order valence-electron chi connectivity index (χ4n) is 1.89. The minimum Gasteiger partial charge on any atom is -0.403 e. The van der Waals surface area contributed by atoms with Crippen molar-refractivity contribution in [3.63, 3.8) is 0 Å². The first kappa shape index (κ1) is 13.1. The van der Waals surface area contributed by atoms with E-state index in [2.05, 4.69) is 49.7 Å². The third-order valence-electron chi connectivity index (χ3n) is 3.65. The van der Waals surface area contributed by atoms with E-state index in [1.807, 2.05) is 18.2 Å². The van der Waals surface area contributed by atoms with Crippen LogP contribution in [0.3, 0.4) is 0 Å². The first-order valence-corrected chi connectivity index (χ1v) is 6.70. The van der Waals surface area contributed by atoms with Gasteiger partial charge in [-0.1, -0.05) is 34.1 Å². The molecule has 1 aliphatic rings. The molecule has 0 atom stereocenters. The van der Waals surface area contributed by atoms with Crippen molar-refractivity contribution in [2.45, 2.75) is 45.2 Å². The highest BCUT2D eigenvalue weighted by molar-refractivity contribution is 9.10. The molecule has 92 valence electrons. The summed E-state index contributed by atoms with van der Waals surface area (Å²) in [6.07, 6.45) is 0.772. The molecule has 2 rings (SSSR count). The first-order valence-electron chi connectivity index (χ1n) is 5.91. The van der Waals surface area contributed by atoms with Crippen molar-refractivity contribution in [1.29, 1.82) is 0 Å². The second-order valence-corrected chi connectivity index (χ2v) is 6.34. The van der Waals surface area contributed by atoms with E-state index in [9.17, 15) is 0 Å². The van der Waals surface area contributed by atoms with Gasteiger partial charge in [0.1, 0.15) is 0 Å². The molecular formula is C13H18BBrO2. The Morgan fingerprint density at radius 1 is 1.06 bits per heavy atom. The Labute approximate surface area is 112 Å². The smallest absolute Gasteiger partial charge is 0.403 e. The standard InChI is InChI=1S/C13H18BBrO2/c1-12(2)13(3,4)17-14(16-12)9-10-7-5-6-8-11(10)15/h5-8H,9H2,1-4H3. The zero-order chi connectivity index (χ0) is 12.7. The fraction of sp³-hybridized carbons (Fsp3) is 0.538. The third-order valence-corrected chi connectivity index (χ3v) is 4.42. The van der Waals surface area contributed by atoms with Crippen molar-refractivity contribution < 1.29 is 9.31 Å². The lowest BCUT2D eigenvalue weighted by Crippen LogP contribution is -2.41. The predicted molar refractivity (Wildman–Crippen MR) is 73.9 cm³/mol. The average molecular weight is 297 g/mol. The molecule has 1 fully saturated rings. The zero-order valence-corrected chi connectivity index (χ0v) is 12.4. The molecule has 0 N–H and O–H groups in total. The summed E-state index contributed by atoms with van der Waals surface area (Å²) in [4.78, 5) is 0. The van der Waals surface area contributed by atoms with Gasteiger partial charge in [0.15, 0.2) is 0 Å². The summed E-state index contributed by atoms with van der Waals surface area (Å²) in [6.45, 7) is 8.31. The quantitative estimate of drug-likeness (QED) is 0.776. The second kappa shape index (κ2) is 4.41. The van der Waals surface area contributed by atoms with Gasteiger partial charge in [-0.2, -0.15) is 0 Å². The summed E-state index contributed by atoms with van der Waals surface area (Å²) < 4.78 is 13.1. The molecule has 0 unspecified atom stereocenters. The van der Waals surface area contributed by atoms with Gasteiger partial charge < -0.3 is 9.31 Å². The van der Waals surface area contributed by atoms with E-state index in [1.165, 1.54) is 5.56 Å². The summed E-state index contributed by atoms with van der Waals surface area (Å²) in [6, 6.07) is 8.18. The lowest BCUT2D eigenvalue weighted by atomic mass is 9.81. The van der Waals surface area contributed by atoms with Crippen LogP contribution in [0.2, 0.25) is 0 Å². The minimum absolute atomic E-state index is 0.168. The highest BCUT2D eigenvalue weighted by Gasteiger charge is 2.50. The number of rotatable bonds is 2. The van der Waals surface area contributed by atoms with E-state index >= 15 is 0 Å². The van der Waals surface area contributed by atoms with Gasteiger partial charge in [0.2, 0.25) is 0 Å². The second-order valence-electron chi connectivity index (χ2n) is 5.48. The Kier molecular flexibility index (Phi) is 3.41. The van der Waals surface area contributed by atoms with Crippen molar-refractivity contribution in [3.05, 3.63) is 34.3 Å². The largest absolute Gasteiger partial charge is 0.462 e. The molecule has 1 aromatic carbocycles. The van der Waals surface area contributed by atoms with Crippen molar-refractivity contribution in [1.82, 2.24) is 0 Å². The first-order chi connectivity index (χ1) is 7.82. The van der Waals surface area contributed by atoms with E-state index in [0.717, 1.165) is 10.8 Å². The van der Waals surface area contributed by atoms with Gasteiger partial charge in [0.05, 0.1) is 11.2 Å². The van der Waals surface area contributed by atoms with Gasteiger partial charge in [-0.3, -0.25) is 0 Å². The Bertz CT molecular complexity index is 402. The number of hydrogen-bond acceptors (Lipinski definition) is 2. The fourth-order valence-corrected chi connectivity index (χ4v) is 2.34. The Balaban J connectivity index is 2.11. The van der Waals surface area contributed by atoms with Crippen molar-refractivity contribution in [2.75, 3.05) is 0 Å². The van der Waals surface area contributed by atoms with E-state index < -0.39 is 0 Å². The van der Waals surface area contributed by atoms with Crippen LogP contribution >= 0.6 is 15.9 Å². The van der Waals surface area contributed by atoms with E-state index in [1.54, 1.807) is 0 Å². The maximum absolute atomic E-state index is 5.98. The third kappa shape index (κ3) is 2.59. The molecule has 1 aromatic rings. The lowest BCUT2D eigenvalue weighted by molar-refractivity contribution is 0.00578.